The molecule has 0 rings (SSSR count). The second-order valence-corrected chi connectivity index (χ2v) is 19.5. The molecule has 0 amide bonds. The molecule has 0 unspecified atom stereocenters. The first-order chi connectivity index (χ1) is 33.0. The van der Waals surface area contributed by atoms with Gasteiger partial charge in [-0.3, -0.25) is 14.4 Å². The van der Waals surface area contributed by atoms with Crippen LogP contribution in [0.4, 0.5) is 0 Å². The van der Waals surface area contributed by atoms with Gasteiger partial charge in [0, 0.05) is 19.3 Å². The van der Waals surface area contributed by atoms with Crippen molar-refractivity contribution in [2.24, 2.45) is 0 Å². The highest BCUT2D eigenvalue weighted by atomic mass is 16.6. The molecule has 0 aliphatic heterocycles. The number of hydrogen-bond acceptors (Lipinski definition) is 6. The van der Waals surface area contributed by atoms with Gasteiger partial charge in [0.05, 0.1) is 0 Å². The van der Waals surface area contributed by atoms with Crippen LogP contribution in [0.2, 0.25) is 0 Å². The fourth-order valence-corrected chi connectivity index (χ4v) is 8.35. The molecule has 67 heavy (non-hydrogen) atoms. The molecule has 0 spiro atoms. The summed E-state index contributed by atoms with van der Waals surface area (Å²) in [7, 11) is 0. The fourth-order valence-electron chi connectivity index (χ4n) is 8.35. The first-order valence-electron chi connectivity index (χ1n) is 29.1. The minimum atomic E-state index is -0.779. The number of hydrogen-bond donors (Lipinski definition) is 0. The van der Waals surface area contributed by atoms with Gasteiger partial charge in [-0.15, -0.1) is 0 Å². The van der Waals surface area contributed by atoms with Crippen LogP contribution in [0.3, 0.4) is 0 Å². The van der Waals surface area contributed by atoms with E-state index in [1.54, 1.807) is 0 Å². The summed E-state index contributed by atoms with van der Waals surface area (Å²) < 4.78 is 16.9. The number of carbonyl (C=O) groups is 3. The highest BCUT2D eigenvalue weighted by Gasteiger charge is 2.19. The lowest BCUT2D eigenvalue weighted by Crippen LogP contribution is -2.30. The molecule has 390 valence electrons. The molecule has 0 aromatic carbocycles. The molecule has 0 bridgehead atoms. The van der Waals surface area contributed by atoms with E-state index in [4.69, 9.17) is 14.2 Å². The number of rotatable bonds is 53. The first kappa shape index (κ1) is 64.4. The lowest BCUT2D eigenvalue weighted by atomic mass is 10.1. The van der Waals surface area contributed by atoms with E-state index in [1.807, 2.05) is 0 Å². The van der Waals surface area contributed by atoms with Crippen molar-refractivity contribution in [2.45, 2.75) is 309 Å². The van der Waals surface area contributed by atoms with E-state index in [-0.39, 0.29) is 31.1 Å². The molecule has 0 heterocycles. The average molecular weight is 940 g/mol. The van der Waals surface area contributed by atoms with E-state index < -0.39 is 6.10 Å². The summed E-state index contributed by atoms with van der Waals surface area (Å²) in [6.07, 6.45) is 68.1. The van der Waals surface area contributed by atoms with Crippen LogP contribution >= 0.6 is 0 Å². The van der Waals surface area contributed by atoms with Crippen LogP contribution in [0, 0.1) is 0 Å². The third-order valence-corrected chi connectivity index (χ3v) is 12.8. The largest absolute Gasteiger partial charge is 0.462 e. The van der Waals surface area contributed by atoms with Crippen molar-refractivity contribution in [1.29, 1.82) is 0 Å². The van der Waals surface area contributed by atoms with Crippen molar-refractivity contribution in [3.8, 4) is 0 Å². The maximum Gasteiger partial charge on any atom is 0.306 e. The third-order valence-electron chi connectivity index (χ3n) is 12.8. The van der Waals surface area contributed by atoms with Crippen molar-refractivity contribution >= 4 is 17.9 Å². The molecule has 0 fully saturated rings. The van der Waals surface area contributed by atoms with E-state index in [2.05, 4.69) is 69.4 Å². The highest BCUT2D eigenvalue weighted by molar-refractivity contribution is 5.71. The van der Waals surface area contributed by atoms with Crippen LogP contribution in [0.15, 0.2) is 48.6 Å². The molecule has 0 aromatic rings. The van der Waals surface area contributed by atoms with Gasteiger partial charge >= 0.3 is 17.9 Å². The lowest BCUT2D eigenvalue weighted by Gasteiger charge is -2.18. The smallest absolute Gasteiger partial charge is 0.306 e. The molecular weight excluding hydrogens is 829 g/mol. The molecule has 6 nitrogen and oxygen atoms in total. The Labute approximate surface area is 416 Å². The molecule has 0 saturated heterocycles. The minimum Gasteiger partial charge on any atom is -0.462 e. The van der Waals surface area contributed by atoms with Crippen LogP contribution < -0.4 is 0 Å². The highest BCUT2D eigenvalue weighted by Crippen LogP contribution is 2.15. The van der Waals surface area contributed by atoms with Crippen LogP contribution in [-0.2, 0) is 28.6 Å². The SMILES string of the molecule is CCCCC/C=C/C/C=C/CCCCCCCCCCCC(=O)OC[C@@H](COC(=O)CCCCCCC/C=C/CCCCCC)OC(=O)CCCCCCCCC/C=C/CCCCCCCC. The summed E-state index contributed by atoms with van der Waals surface area (Å²) in [4.78, 5) is 38.1. The first-order valence-corrected chi connectivity index (χ1v) is 29.1. The van der Waals surface area contributed by atoms with Gasteiger partial charge in [-0.2, -0.15) is 0 Å². The quantitative estimate of drug-likeness (QED) is 0.0262. The summed E-state index contributed by atoms with van der Waals surface area (Å²) in [5, 5.41) is 0. The Morgan fingerprint density at radius 1 is 0.299 bits per heavy atom. The second-order valence-electron chi connectivity index (χ2n) is 19.5. The minimum absolute atomic E-state index is 0.0781. The summed E-state index contributed by atoms with van der Waals surface area (Å²) >= 11 is 0. The molecule has 1 atom stereocenters. The maximum absolute atomic E-state index is 12.9. The predicted octanol–water partition coefficient (Wildman–Crippen LogP) is 19.4. The van der Waals surface area contributed by atoms with Crippen molar-refractivity contribution < 1.29 is 28.6 Å². The van der Waals surface area contributed by atoms with Gasteiger partial charge in [0.25, 0.3) is 0 Å². The zero-order chi connectivity index (χ0) is 48.6. The monoisotopic (exact) mass is 939 g/mol. The molecule has 0 saturated carbocycles. The van der Waals surface area contributed by atoms with Gasteiger partial charge in [-0.25, -0.2) is 0 Å². The zero-order valence-corrected chi connectivity index (χ0v) is 44.7. The fraction of sp³-hybridized carbons (Fsp3) is 0.820. The predicted molar refractivity (Wildman–Crippen MR) is 289 cm³/mol. The van der Waals surface area contributed by atoms with Crippen LogP contribution in [0.5, 0.6) is 0 Å². The van der Waals surface area contributed by atoms with E-state index in [1.165, 1.54) is 193 Å². The van der Waals surface area contributed by atoms with E-state index in [0.29, 0.717) is 19.3 Å². The standard InChI is InChI=1S/C61H110O6/c1-4-7-10-13-16-19-22-25-27-29-30-32-33-36-39-42-45-48-51-54-60(63)66-57-58(56-65-59(62)53-50-47-44-41-38-35-24-21-18-15-12-9-6-3)67-61(64)55-52-49-46-43-40-37-34-31-28-26-23-20-17-14-11-8-5-2/h16,19,21,24-28,58H,4-15,17-18,20,22-23,29-57H2,1-3H3/b19-16+,24-21+,27-25+,28-26+/t58-/m1/s1. The topological polar surface area (TPSA) is 78.9 Å². The summed E-state index contributed by atoms with van der Waals surface area (Å²) in [5.41, 5.74) is 0. The van der Waals surface area contributed by atoms with Crippen molar-refractivity contribution in [1.82, 2.24) is 0 Å². The van der Waals surface area contributed by atoms with Gasteiger partial charge in [-0.05, 0) is 103 Å². The molecule has 6 heteroatoms. The number of esters is 3. The third kappa shape index (κ3) is 54.2. The lowest BCUT2D eigenvalue weighted by molar-refractivity contribution is -0.167. The van der Waals surface area contributed by atoms with Crippen LogP contribution in [0.1, 0.15) is 303 Å². The summed E-state index contributed by atoms with van der Waals surface area (Å²) in [5.74, 6) is -0.882. The molecule has 0 aromatic heterocycles. The van der Waals surface area contributed by atoms with Gasteiger partial charge in [0.2, 0.25) is 0 Å². The van der Waals surface area contributed by atoms with Crippen molar-refractivity contribution in [3.05, 3.63) is 48.6 Å². The Morgan fingerprint density at radius 3 is 0.881 bits per heavy atom. The zero-order valence-electron chi connectivity index (χ0n) is 44.7. The number of unbranched alkanes of at least 4 members (excludes halogenated alkanes) is 34. The number of allylic oxidation sites excluding steroid dienone is 8. The van der Waals surface area contributed by atoms with Gasteiger partial charge in [0.15, 0.2) is 6.10 Å². The second kappa shape index (κ2) is 56.0. The average Bonchev–Trinajstić information content (AvgIpc) is 3.33. The molecule has 0 aliphatic rings. The van der Waals surface area contributed by atoms with E-state index in [9.17, 15) is 14.4 Å². The van der Waals surface area contributed by atoms with Gasteiger partial charge in [0.1, 0.15) is 13.2 Å². The van der Waals surface area contributed by atoms with Crippen LogP contribution in [-0.4, -0.2) is 37.2 Å². The van der Waals surface area contributed by atoms with Crippen molar-refractivity contribution in [3.63, 3.8) is 0 Å². The Bertz CT molecular complexity index is 1170. The van der Waals surface area contributed by atoms with E-state index >= 15 is 0 Å². The number of ether oxygens (including phenoxy) is 3. The van der Waals surface area contributed by atoms with Gasteiger partial charge in [-0.1, -0.05) is 230 Å². The summed E-state index contributed by atoms with van der Waals surface area (Å²) in [6.45, 7) is 6.61. The molecule has 0 N–H and O–H groups in total. The van der Waals surface area contributed by atoms with Crippen molar-refractivity contribution in [2.75, 3.05) is 13.2 Å². The Hall–Kier alpha value is -2.63. The molecule has 0 aliphatic carbocycles. The Kier molecular flexibility index (Phi) is 53.8. The summed E-state index contributed by atoms with van der Waals surface area (Å²) in [6, 6.07) is 0. The Morgan fingerprint density at radius 2 is 0.537 bits per heavy atom. The maximum atomic E-state index is 12.9. The number of carbonyl (C=O) groups excluding carboxylic acids is 3. The van der Waals surface area contributed by atoms with E-state index in [0.717, 1.165) is 70.6 Å². The molecular formula is C61H110O6. The normalized spacial score (nSPS) is 12.3. The Balaban J connectivity index is 4.35. The van der Waals surface area contributed by atoms with Crippen LogP contribution in [0.25, 0.3) is 0 Å². The van der Waals surface area contributed by atoms with Gasteiger partial charge < -0.3 is 14.2 Å². The molecule has 0 radical (unpaired) electrons.